The molecular weight excluding hydrogens is 1390 g/mol. The number of tetrazole rings is 1. The number of nitriles is 1. The number of para-hydroxylation sites is 3. The molecule has 1 amide bonds. The first-order valence-electron chi connectivity index (χ1n) is 39.8. The van der Waals surface area contributed by atoms with Crippen molar-refractivity contribution >= 4 is 34.3 Å². The van der Waals surface area contributed by atoms with Gasteiger partial charge in [0.15, 0.2) is 11.5 Å². The minimum Gasteiger partial charge on any atom is -0.504 e. The van der Waals surface area contributed by atoms with E-state index in [2.05, 4.69) is 94.5 Å². The van der Waals surface area contributed by atoms with E-state index >= 15 is 0 Å². The number of hydrogen-bond donors (Lipinski definition) is 2. The molecule has 2 bridgehead atoms. The highest BCUT2D eigenvalue weighted by Gasteiger charge is 2.64. The fraction of sp³-hybridized carbons (Fsp3) is 0.444. The number of amides is 1. The summed E-state index contributed by atoms with van der Waals surface area (Å²) in [5.74, 6) is 1.40. The Bertz CT molecular complexity index is 4730. The number of ketones is 1. The maximum absolute atomic E-state index is 13.3. The highest BCUT2D eigenvalue weighted by molar-refractivity contribution is 5.95. The summed E-state index contributed by atoms with van der Waals surface area (Å²) >= 11 is 0. The van der Waals surface area contributed by atoms with Gasteiger partial charge in [-0.25, -0.2) is 14.2 Å². The van der Waals surface area contributed by atoms with E-state index in [1.807, 2.05) is 194 Å². The predicted molar refractivity (Wildman–Crippen MR) is 434 cm³/mol. The van der Waals surface area contributed by atoms with Crippen LogP contribution >= 0.6 is 0 Å². The van der Waals surface area contributed by atoms with Gasteiger partial charge in [-0.05, 0) is 161 Å². The number of benzene rings is 7. The van der Waals surface area contributed by atoms with Crippen LogP contribution in [0, 0.1) is 17.2 Å². The highest BCUT2D eigenvalue weighted by Crippen LogP contribution is 2.62. The van der Waals surface area contributed by atoms with Gasteiger partial charge < -0.3 is 44.2 Å². The van der Waals surface area contributed by atoms with Crippen LogP contribution in [0.1, 0.15) is 143 Å². The number of fused-ring (bicyclic) bond motifs is 1. The number of methoxy groups -OCH3 is 1. The molecule has 4 aliphatic heterocycles. The van der Waals surface area contributed by atoms with Gasteiger partial charge in [0.1, 0.15) is 23.4 Å². The molecule has 6 atom stereocenters. The summed E-state index contributed by atoms with van der Waals surface area (Å²) < 4.78 is 17.6. The van der Waals surface area contributed by atoms with Crippen molar-refractivity contribution in [2.45, 2.75) is 170 Å². The SMILES string of the molecule is CCC(=O)C(CC(C)N(C)C)(c1ccccc1)c1ccccc1.CCC(=O)N(c1ccccc1)C1(COC)CCN(CCn2nnn(CC)c2=O)CC1.CCC(=O)n1c(=O)n(C2CCN(CCC(C#N)(c3ccccc3)c3ccccc3)CC2)c2ccccc21.CN1CC[C@]23c4c5ccc(O)c4O[C@H]2[C@@H](O)C=C[C@H]3[C@H]1C5. The molecule has 21 nitrogen and oxygen atoms in total. The first kappa shape index (κ1) is 80.6. The summed E-state index contributed by atoms with van der Waals surface area (Å²) in [5.41, 5.74) is 6.84. The van der Waals surface area contributed by atoms with Gasteiger partial charge >= 0.3 is 11.4 Å². The van der Waals surface area contributed by atoms with Crippen molar-refractivity contribution < 1.29 is 34.1 Å². The Morgan fingerprint density at radius 1 is 0.667 bits per heavy atom. The van der Waals surface area contributed by atoms with Crippen molar-refractivity contribution in [3.63, 3.8) is 0 Å². The van der Waals surface area contributed by atoms with Gasteiger partial charge in [0, 0.05) is 113 Å². The third-order valence-corrected chi connectivity index (χ3v) is 24.6. The molecule has 1 spiro atoms. The number of aliphatic hydroxyl groups is 1. The van der Waals surface area contributed by atoms with E-state index < -0.39 is 16.9 Å². The van der Waals surface area contributed by atoms with Crippen LogP contribution in [0.5, 0.6) is 11.5 Å². The molecule has 15 rings (SSSR count). The third kappa shape index (κ3) is 16.0. The summed E-state index contributed by atoms with van der Waals surface area (Å²) in [4.78, 5) is 75.4. The smallest absolute Gasteiger partial charge is 0.363 e. The van der Waals surface area contributed by atoms with Crippen LogP contribution in [0.4, 0.5) is 5.69 Å². The van der Waals surface area contributed by atoms with Crippen molar-refractivity contribution in [1.29, 1.82) is 5.26 Å². The molecule has 0 radical (unpaired) electrons. The monoisotopic (exact) mass is 1500 g/mol. The molecule has 1 unspecified atom stereocenters. The third-order valence-electron chi connectivity index (χ3n) is 24.6. The lowest BCUT2D eigenvalue weighted by Gasteiger charge is -2.56. The predicted octanol–water partition coefficient (Wildman–Crippen LogP) is 12.3. The molecule has 2 aliphatic carbocycles. The van der Waals surface area contributed by atoms with Crippen molar-refractivity contribution in [3.05, 3.63) is 255 Å². The summed E-state index contributed by atoms with van der Waals surface area (Å²) in [6.07, 6.45) is 11.2. The Balaban J connectivity index is 0.000000141. The molecule has 21 heteroatoms. The van der Waals surface area contributed by atoms with Gasteiger partial charge in [-0.1, -0.05) is 191 Å². The number of rotatable bonds is 23. The van der Waals surface area contributed by atoms with E-state index in [4.69, 9.17) is 9.47 Å². The summed E-state index contributed by atoms with van der Waals surface area (Å²) in [6.45, 7) is 17.0. The molecule has 111 heavy (non-hydrogen) atoms. The average Bonchev–Trinajstić information content (AvgIpc) is 1.55. The lowest BCUT2D eigenvalue weighted by atomic mass is 9.53. The molecule has 6 aliphatic rings. The first-order valence-corrected chi connectivity index (χ1v) is 39.8. The quantitative estimate of drug-likeness (QED) is 0.0567. The number of phenols is 1. The van der Waals surface area contributed by atoms with Crippen molar-refractivity contribution in [2.24, 2.45) is 5.92 Å². The van der Waals surface area contributed by atoms with Crippen LogP contribution in [0.3, 0.4) is 0 Å². The average molecular weight is 1500 g/mol. The summed E-state index contributed by atoms with van der Waals surface area (Å²) in [5, 5.41) is 38.9. The number of aryl methyl sites for hydroxylation is 1. The number of aliphatic hydroxyl groups excluding tert-OH is 1. The number of likely N-dealkylation sites (tertiary alicyclic amines) is 3. The number of aromatic nitrogens is 6. The van der Waals surface area contributed by atoms with E-state index in [9.17, 15) is 39.4 Å². The molecule has 3 fully saturated rings. The number of hydrogen-bond acceptors (Lipinski definition) is 16. The molecule has 584 valence electrons. The number of ether oxygens (including phenoxy) is 2. The number of likely N-dealkylation sites (N-methyl/N-ethyl adjacent to an activating group) is 1. The lowest BCUT2D eigenvalue weighted by molar-refractivity contribution is -0.123. The number of carbonyl (C=O) groups excluding carboxylic acids is 3. The first-order chi connectivity index (χ1) is 53.8. The zero-order valence-corrected chi connectivity index (χ0v) is 66.0. The van der Waals surface area contributed by atoms with Crippen molar-refractivity contribution in [3.8, 4) is 17.6 Å². The maximum Gasteiger partial charge on any atom is 0.363 e. The highest BCUT2D eigenvalue weighted by atomic mass is 16.5. The van der Waals surface area contributed by atoms with Crippen LogP contribution in [-0.2, 0) is 50.1 Å². The number of nitrogens with zero attached hydrogens (tertiary/aromatic N) is 12. The second-order valence-corrected chi connectivity index (χ2v) is 30.9. The zero-order valence-electron chi connectivity index (χ0n) is 66.0. The van der Waals surface area contributed by atoms with Crippen molar-refractivity contribution in [2.75, 3.05) is 85.6 Å². The fourth-order valence-corrected chi connectivity index (χ4v) is 18.4. The number of anilines is 1. The fourth-order valence-electron chi connectivity index (χ4n) is 18.4. The van der Waals surface area contributed by atoms with Gasteiger partial charge in [0.05, 0.1) is 41.2 Å². The van der Waals surface area contributed by atoms with Gasteiger partial charge in [-0.3, -0.25) is 19.0 Å². The Morgan fingerprint density at radius 2 is 1.23 bits per heavy atom. The second-order valence-electron chi connectivity index (χ2n) is 30.9. The molecule has 2 N–H and O–H groups in total. The number of imidazole rings is 1. The number of piperidine rings is 3. The molecular formula is C90H110N12O9. The Kier molecular flexibility index (Phi) is 25.9. The molecule has 9 aromatic rings. The second kappa shape index (κ2) is 35.6. The number of phenolic OH excluding ortho intramolecular Hbond substituents is 1. The van der Waals surface area contributed by atoms with Crippen LogP contribution in [0.15, 0.2) is 210 Å². The van der Waals surface area contributed by atoms with Gasteiger partial charge in [-0.2, -0.15) is 14.6 Å². The molecule has 0 saturated carbocycles. The van der Waals surface area contributed by atoms with E-state index in [0.717, 1.165) is 124 Å². The van der Waals surface area contributed by atoms with E-state index in [1.165, 1.54) is 25.1 Å². The van der Waals surface area contributed by atoms with Gasteiger partial charge in [0.2, 0.25) is 11.8 Å². The Hall–Kier alpha value is -9.92. The molecule has 3 saturated heterocycles. The van der Waals surface area contributed by atoms with E-state index in [0.29, 0.717) is 68.2 Å². The zero-order chi connectivity index (χ0) is 78.6. The summed E-state index contributed by atoms with van der Waals surface area (Å²) in [7, 11) is 8.02. The molecule has 7 aromatic carbocycles. The number of Topliss-reactive ketones (excluding diaryl/α,β-unsaturated/α-hetero) is 1. The lowest BCUT2D eigenvalue weighted by Crippen LogP contribution is -2.64. The molecule has 6 heterocycles. The number of carbonyl (C=O) groups is 3. The van der Waals surface area contributed by atoms with Crippen molar-refractivity contribution in [1.82, 2.24) is 48.5 Å². The van der Waals surface area contributed by atoms with E-state index in [-0.39, 0.29) is 64.2 Å². The minimum atomic E-state index is -0.718. The minimum absolute atomic E-state index is 0.0449. The van der Waals surface area contributed by atoms with Gasteiger partial charge in [-0.15, -0.1) is 0 Å². The van der Waals surface area contributed by atoms with Gasteiger partial charge in [0.25, 0.3) is 0 Å². The summed E-state index contributed by atoms with van der Waals surface area (Å²) in [6, 6.07) is 65.2. The topological polar surface area (TPSA) is 230 Å². The largest absolute Gasteiger partial charge is 0.504 e. The van der Waals surface area contributed by atoms with Crippen LogP contribution in [0.25, 0.3) is 11.0 Å². The van der Waals surface area contributed by atoms with Crippen LogP contribution in [-0.4, -0.2) is 187 Å². The normalized spacial score (nSPS) is 20.2. The standard InChI is InChI=1S/C31H32N4O2.C21H32N6O3.C21H27NO.C17H19NO3/c1-2-29(36)35-28-16-10-9-15-27(28)34(30(35)37)26-17-20-33(21-18-26)22-19-31(23-32,24-11-5-3-6-12-24)25-13-7-4-8-14-25;1-4-19(28)27(18-9-7-6-8-10-18)21(17-30-3)11-13-24(14-12-21)15-16-26-20(29)25(5-2)22-23-26;1-5-20(23)21(16-17(2)22(3)4,18-12-8-6-9-13-18)19-14-10-7-11-15-19;1-18-7-6-17-10-3-5-13(20)16(17)21-15-12(19)4-2-9(14(15)17)8-11(10)18/h3-16,26H,2,17-22H2,1H3;6-10H,4-5,11-17H2,1-3H3;6-15,17H,5,16H2,1-4H3;2-5,10-11,13,16,19-20H,6-8H2,1H3/t;;;10-,11+,13-,16-,17-/m...0/s1. The van der Waals surface area contributed by atoms with Crippen LogP contribution in [0.2, 0.25) is 0 Å². The molecule has 2 aromatic heterocycles. The Labute approximate surface area is 652 Å². The number of aromatic hydroxyl groups is 1. The van der Waals surface area contributed by atoms with E-state index in [1.54, 1.807) is 20.1 Å². The van der Waals surface area contributed by atoms with Crippen LogP contribution < -0.4 is 21.0 Å². The Morgan fingerprint density at radius 3 is 1.77 bits per heavy atom. The maximum atomic E-state index is 13.3.